The SMILES string of the molecule is COc1cccc(C(=O)N2CC(S(=O)(=O)NC3CCCC3)C2)n1. The molecule has 0 radical (unpaired) electrons. The predicted molar refractivity (Wildman–Crippen MR) is 84.8 cm³/mol. The second kappa shape index (κ2) is 6.45. The molecule has 2 heterocycles. The van der Waals surface area contributed by atoms with E-state index in [1.165, 1.54) is 12.0 Å². The number of pyridine rings is 1. The lowest BCUT2D eigenvalue weighted by atomic mass is 10.2. The minimum atomic E-state index is -3.36. The van der Waals surface area contributed by atoms with Crippen LogP contribution in [0, 0.1) is 0 Å². The first-order chi connectivity index (χ1) is 11.0. The minimum Gasteiger partial charge on any atom is -0.481 e. The number of hydrogen-bond acceptors (Lipinski definition) is 5. The Kier molecular flexibility index (Phi) is 4.54. The molecule has 23 heavy (non-hydrogen) atoms. The smallest absolute Gasteiger partial charge is 0.272 e. The van der Waals surface area contributed by atoms with E-state index in [-0.39, 0.29) is 30.7 Å². The molecule has 8 heteroatoms. The molecule has 1 saturated carbocycles. The monoisotopic (exact) mass is 339 g/mol. The van der Waals surface area contributed by atoms with Gasteiger partial charge < -0.3 is 9.64 Å². The van der Waals surface area contributed by atoms with E-state index < -0.39 is 15.3 Å². The number of carbonyl (C=O) groups excluding carboxylic acids is 1. The summed E-state index contributed by atoms with van der Waals surface area (Å²) < 4.78 is 32.4. The van der Waals surface area contributed by atoms with Gasteiger partial charge in [-0.3, -0.25) is 4.79 Å². The fourth-order valence-corrected chi connectivity index (χ4v) is 4.63. The highest BCUT2D eigenvalue weighted by Gasteiger charge is 2.41. The number of amides is 1. The highest BCUT2D eigenvalue weighted by Crippen LogP contribution is 2.23. The Morgan fingerprint density at radius 3 is 2.65 bits per heavy atom. The van der Waals surface area contributed by atoms with E-state index in [0.717, 1.165) is 25.7 Å². The van der Waals surface area contributed by atoms with Gasteiger partial charge in [0.05, 0.1) is 7.11 Å². The Morgan fingerprint density at radius 2 is 2.00 bits per heavy atom. The molecule has 1 saturated heterocycles. The summed E-state index contributed by atoms with van der Waals surface area (Å²) in [4.78, 5) is 17.9. The fourth-order valence-electron chi connectivity index (χ4n) is 2.98. The molecule has 0 unspecified atom stereocenters. The summed E-state index contributed by atoms with van der Waals surface area (Å²) in [5, 5.41) is -0.530. The van der Waals surface area contributed by atoms with Crippen molar-refractivity contribution in [2.24, 2.45) is 0 Å². The zero-order chi connectivity index (χ0) is 16.4. The van der Waals surface area contributed by atoms with Gasteiger partial charge in [-0.05, 0) is 18.9 Å². The van der Waals surface area contributed by atoms with E-state index in [0.29, 0.717) is 5.88 Å². The third kappa shape index (κ3) is 3.48. The lowest BCUT2D eigenvalue weighted by Crippen LogP contribution is -2.60. The Morgan fingerprint density at radius 1 is 1.30 bits per heavy atom. The van der Waals surface area contributed by atoms with E-state index >= 15 is 0 Å². The Labute approximate surface area is 136 Å². The molecule has 1 amide bonds. The number of sulfonamides is 1. The van der Waals surface area contributed by atoms with Crippen LogP contribution in [0.15, 0.2) is 18.2 Å². The summed E-state index contributed by atoms with van der Waals surface area (Å²) in [6.07, 6.45) is 3.96. The number of rotatable bonds is 5. The standard InChI is InChI=1S/C15H21N3O4S/c1-22-14-8-4-7-13(16-14)15(19)18-9-12(10-18)23(20,21)17-11-5-2-3-6-11/h4,7-8,11-12,17H,2-3,5-6,9-10H2,1H3. The molecule has 7 nitrogen and oxygen atoms in total. The number of likely N-dealkylation sites (tertiary alicyclic amines) is 1. The number of nitrogens with zero attached hydrogens (tertiary/aromatic N) is 2. The summed E-state index contributed by atoms with van der Waals surface area (Å²) in [7, 11) is -1.87. The first kappa shape index (κ1) is 16.2. The summed E-state index contributed by atoms with van der Waals surface area (Å²) in [6, 6.07) is 5.01. The molecule has 1 aliphatic heterocycles. The maximum atomic E-state index is 12.3. The Balaban J connectivity index is 1.58. The number of nitrogens with one attached hydrogen (secondary N) is 1. The lowest BCUT2D eigenvalue weighted by molar-refractivity contribution is 0.0651. The maximum Gasteiger partial charge on any atom is 0.272 e. The van der Waals surface area contributed by atoms with E-state index in [1.807, 2.05) is 0 Å². The van der Waals surface area contributed by atoms with Gasteiger partial charge in [0.2, 0.25) is 15.9 Å². The van der Waals surface area contributed by atoms with Gasteiger partial charge in [-0.25, -0.2) is 18.1 Å². The average molecular weight is 339 g/mol. The molecule has 126 valence electrons. The lowest BCUT2D eigenvalue weighted by Gasteiger charge is -2.38. The Hall–Kier alpha value is -1.67. The van der Waals surface area contributed by atoms with Crippen molar-refractivity contribution >= 4 is 15.9 Å². The van der Waals surface area contributed by atoms with Gasteiger partial charge in [0.15, 0.2) is 0 Å². The van der Waals surface area contributed by atoms with Gasteiger partial charge in [-0.2, -0.15) is 0 Å². The van der Waals surface area contributed by atoms with Crippen LogP contribution < -0.4 is 9.46 Å². The maximum absolute atomic E-state index is 12.3. The largest absolute Gasteiger partial charge is 0.481 e. The molecule has 1 aromatic heterocycles. The quantitative estimate of drug-likeness (QED) is 0.856. The van der Waals surface area contributed by atoms with Crippen molar-refractivity contribution in [3.63, 3.8) is 0 Å². The van der Waals surface area contributed by atoms with Crippen molar-refractivity contribution in [1.29, 1.82) is 0 Å². The van der Waals surface area contributed by atoms with Gasteiger partial charge >= 0.3 is 0 Å². The minimum absolute atomic E-state index is 0.0600. The zero-order valence-corrected chi connectivity index (χ0v) is 13.9. The van der Waals surface area contributed by atoms with Crippen molar-refractivity contribution in [2.45, 2.75) is 37.0 Å². The molecular formula is C15H21N3O4S. The molecule has 2 aliphatic rings. The fraction of sp³-hybridized carbons (Fsp3) is 0.600. The van der Waals surface area contributed by atoms with E-state index in [2.05, 4.69) is 9.71 Å². The van der Waals surface area contributed by atoms with Crippen LogP contribution in [-0.2, 0) is 10.0 Å². The summed E-state index contributed by atoms with van der Waals surface area (Å²) in [6.45, 7) is 0.416. The van der Waals surface area contributed by atoms with Crippen LogP contribution in [0.5, 0.6) is 5.88 Å². The summed E-state index contributed by atoms with van der Waals surface area (Å²) in [5.41, 5.74) is 0.268. The van der Waals surface area contributed by atoms with E-state index in [1.54, 1.807) is 18.2 Å². The van der Waals surface area contributed by atoms with Gasteiger partial charge in [-0.15, -0.1) is 0 Å². The second-order valence-corrected chi connectivity index (χ2v) is 8.03. The van der Waals surface area contributed by atoms with Crippen LogP contribution in [0.4, 0.5) is 0 Å². The average Bonchev–Trinajstić information content (AvgIpc) is 2.97. The molecule has 0 atom stereocenters. The molecular weight excluding hydrogens is 318 g/mol. The van der Waals surface area contributed by atoms with Crippen LogP contribution >= 0.6 is 0 Å². The van der Waals surface area contributed by atoms with Crippen LogP contribution in [0.2, 0.25) is 0 Å². The van der Waals surface area contributed by atoms with Gasteiger partial charge in [0, 0.05) is 25.2 Å². The first-order valence-corrected chi connectivity index (χ1v) is 9.35. The predicted octanol–water partition coefficient (Wildman–Crippen LogP) is 0.777. The van der Waals surface area contributed by atoms with Crippen molar-refractivity contribution in [1.82, 2.24) is 14.6 Å². The molecule has 2 fully saturated rings. The first-order valence-electron chi connectivity index (χ1n) is 7.81. The molecule has 0 spiro atoms. The number of aromatic nitrogens is 1. The third-order valence-electron chi connectivity index (χ3n) is 4.41. The molecule has 1 N–H and O–H groups in total. The van der Waals surface area contributed by atoms with Crippen molar-refractivity contribution in [3.05, 3.63) is 23.9 Å². The number of carbonyl (C=O) groups is 1. The molecule has 0 bridgehead atoms. The van der Waals surface area contributed by atoms with Gasteiger partial charge in [-0.1, -0.05) is 18.9 Å². The molecule has 1 aliphatic carbocycles. The van der Waals surface area contributed by atoms with Crippen molar-refractivity contribution in [3.8, 4) is 5.88 Å². The summed E-state index contributed by atoms with van der Waals surface area (Å²) in [5.74, 6) is 0.0969. The molecule has 3 rings (SSSR count). The zero-order valence-electron chi connectivity index (χ0n) is 13.1. The number of hydrogen-bond donors (Lipinski definition) is 1. The van der Waals surface area contributed by atoms with E-state index in [4.69, 9.17) is 4.74 Å². The van der Waals surface area contributed by atoms with Crippen molar-refractivity contribution in [2.75, 3.05) is 20.2 Å². The summed E-state index contributed by atoms with van der Waals surface area (Å²) >= 11 is 0. The Bertz CT molecular complexity index is 680. The third-order valence-corrected chi connectivity index (χ3v) is 6.25. The molecule has 0 aromatic carbocycles. The van der Waals surface area contributed by atoms with Gasteiger partial charge in [0.25, 0.3) is 5.91 Å². The normalized spacial score (nSPS) is 19.6. The second-order valence-electron chi connectivity index (χ2n) is 6.04. The van der Waals surface area contributed by atoms with Crippen LogP contribution in [0.25, 0.3) is 0 Å². The van der Waals surface area contributed by atoms with Crippen LogP contribution in [0.3, 0.4) is 0 Å². The number of methoxy groups -OCH3 is 1. The number of ether oxygens (including phenoxy) is 1. The topological polar surface area (TPSA) is 88.6 Å². The van der Waals surface area contributed by atoms with Crippen LogP contribution in [0.1, 0.15) is 36.2 Å². The highest BCUT2D eigenvalue weighted by atomic mass is 32.2. The van der Waals surface area contributed by atoms with Crippen molar-refractivity contribution < 1.29 is 17.9 Å². The van der Waals surface area contributed by atoms with Gasteiger partial charge in [0.1, 0.15) is 10.9 Å². The molecule has 1 aromatic rings. The van der Waals surface area contributed by atoms with E-state index in [9.17, 15) is 13.2 Å². The van der Waals surface area contributed by atoms with Crippen LogP contribution in [-0.4, -0.2) is 55.7 Å². The highest BCUT2D eigenvalue weighted by molar-refractivity contribution is 7.90.